The zero-order valence-corrected chi connectivity index (χ0v) is 9.18. The van der Waals surface area contributed by atoms with Crippen LogP contribution in [0.4, 0.5) is 0 Å². The summed E-state index contributed by atoms with van der Waals surface area (Å²) in [5.41, 5.74) is 0. The summed E-state index contributed by atoms with van der Waals surface area (Å²) in [6.07, 6.45) is 9.45. The van der Waals surface area contributed by atoms with Gasteiger partial charge in [0.15, 0.2) is 0 Å². The lowest BCUT2D eigenvalue weighted by atomic mass is 9.92. The van der Waals surface area contributed by atoms with Crippen LogP contribution in [0.2, 0.25) is 19.1 Å². The molecule has 2 heteroatoms. The van der Waals surface area contributed by atoms with E-state index in [0.29, 0.717) is 0 Å². The molecule has 0 heterocycles. The van der Waals surface area contributed by atoms with Gasteiger partial charge in [-0.05, 0) is 44.3 Å². The Morgan fingerprint density at radius 3 is 2.67 bits per heavy atom. The van der Waals surface area contributed by atoms with Gasteiger partial charge in [0.1, 0.15) is 0 Å². The van der Waals surface area contributed by atoms with Gasteiger partial charge in [-0.25, -0.2) is 0 Å². The maximum Gasteiger partial charge on any atom is 0.231 e. The first-order valence-corrected chi connectivity index (χ1v) is 8.05. The lowest BCUT2D eigenvalue weighted by molar-refractivity contribution is 0.404. The minimum Gasteiger partial charge on any atom is -0.298 e. The number of hydrogen-bond acceptors (Lipinski definition) is 0. The van der Waals surface area contributed by atoms with Crippen molar-refractivity contribution < 1.29 is 4.80 Å². The first-order chi connectivity index (χ1) is 5.58. The fourth-order valence-corrected chi connectivity index (χ4v) is 2.77. The molecule has 1 rings (SSSR count). The third-order valence-corrected chi connectivity index (χ3v) is 4.03. The van der Waals surface area contributed by atoms with Crippen LogP contribution in [-0.4, -0.2) is 8.32 Å². The van der Waals surface area contributed by atoms with E-state index in [1.807, 2.05) is 13.1 Å². The summed E-state index contributed by atoms with van der Waals surface area (Å²) in [4.78, 5) is 11.5. The van der Waals surface area contributed by atoms with Crippen LogP contribution in [0.3, 0.4) is 0 Å². The zero-order valence-electron chi connectivity index (χ0n) is 8.18. The van der Waals surface area contributed by atoms with Crippen molar-refractivity contribution in [2.45, 2.75) is 44.8 Å². The second-order valence-electron chi connectivity index (χ2n) is 4.45. The van der Waals surface area contributed by atoms with Gasteiger partial charge in [0.2, 0.25) is 8.32 Å². The highest BCUT2D eigenvalue weighted by atomic mass is 28.4. The van der Waals surface area contributed by atoms with Crippen LogP contribution in [0, 0.1) is 5.92 Å². The molecule has 1 unspecified atom stereocenters. The molecule has 0 aliphatic heterocycles. The molecule has 1 aliphatic carbocycles. The zero-order chi connectivity index (χ0) is 9.03. The van der Waals surface area contributed by atoms with E-state index in [9.17, 15) is 4.80 Å². The quantitative estimate of drug-likeness (QED) is 0.472. The normalized spacial score (nSPS) is 24.4. The molecule has 0 saturated carbocycles. The van der Waals surface area contributed by atoms with Crippen LogP contribution in [0.1, 0.15) is 25.7 Å². The highest BCUT2D eigenvalue weighted by Gasteiger charge is 2.21. The summed E-state index contributed by atoms with van der Waals surface area (Å²) < 4.78 is 0. The van der Waals surface area contributed by atoms with Gasteiger partial charge in [-0.2, -0.15) is 0 Å². The Morgan fingerprint density at radius 2 is 2.17 bits per heavy atom. The van der Waals surface area contributed by atoms with Crippen molar-refractivity contribution in [3.63, 3.8) is 0 Å². The molecule has 1 aliphatic rings. The number of allylic oxidation sites excluding steroid dienone is 2. The second-order valence-corrected chi connectivity index (χ2v) is 8.47. The van der Waals surface area contributed by atoms with Gasteiger partial charge in [0.25, 0.3) is 0 Å². The van der Waals surface area contributed by atoms with Crippen molar-refractivity contribution in [3.05, 3.63) is 12.2 Å². The van der Waals surface area contributed by atoms with E-state index in [4.69, 9.17) is 0 Å². The number of rotatable bonds is 3. The number of hydrogen-bond donors (Lipinski definition) is 0. The Labute approximate surface area is 76.6 Å². The molecule has 12 heavy (non-hydrogen) atoms. The maximum absolute atomic E-state index is 11.5. The average molecular weight is 183 g/mol. The summed E-state index contributed by atoms with van der Waals surface area (Å²) in [5, 5.41) is 0. The standard InChI is InChI=1S/C10H19OSi/c1-12(2,11)9-8-10-6-4-3-5-7-10/h3-4,10H,5-9H2,1-2H3. The molecule has 0 aromatic heterocycles. The SMILES string of the molecule is C[Si](C)([O])CCC1CC=CCC1. The van der Waals surface area contributed by atoms with Crippen molar-refractivity contribution in [1.29, 1.82) is 0 Å². The molecule has 0 amide bonds. The fourth-order valence-electron chi connectivity index (χ4n) is 1.67. The van der Waals surface area contributed by atoms with E-state index < -0.39 is 8.32 Å². The summed E-state index contributed by atoms with van der Waals surface area (Å²) in [6.45, 7) is 3.84. The Kier molecular flexibility index (Phi) is 3.53. The van der Waals surface area contributed by atoms with Gasteiger partial charge in [-0.1, -0.05) is 18.6 Å². The van der Waals surface area contributed by atoms with Crippen LogP contribution < -0.4 is 0 Å². The molecular weight excluding hydrogens is 164 g/mol. The smallest absolute Gasteiger partial charge is 0.231 e. The van der Waals surface area contributed by atoms with E-state index in [-0.39, 0.29) is 0 Å². The molecule has 0 N–H and O–H groups in total. The molecule has 1 radical (unpaired) electrons. The minimum absolute atomic E-state index is 0.815. The summed E-state index contributed by atoms with van der Waals surface area (Å²) in [6, 6.07) is 0.964. The Hall–Kier alpha value is -0.0831. The van der Waals surface area contributed by atoms with E-state index >= 15 is 0 Å². The molecule has 0 fully saturated rings. The van der Waals surface area contributed by atoms with Crippen LogP contribution >= 0.6 is 0 Å². The Bertz CT molecular complexity index is 158. The van der Waals surface area contributed by atoms with Crippen LogP contribution in [0.5, 0.6) is 0 Å². The van der Waals surface area contributed by atoms with Crippen molar-refractivity contribution in [2.24, 2.45) is 5.92 Å². The summed E-state index contributed by atoms with van der Waals surface area (Å²) in [7, 11) is -2.02. The molecule has 0 aromatic rings. The first-order valence-electron chi connectivity index (χ1n) is 4.93. The first kappa shape index (κ1) is 10.0. The lowest BCUT2D eigenvalue weighted by Gasteiger charge is -2.20. The van der Waals surface area contributed by atoms with E-state index in [1.165, 1.54) is 25.7 Å². The van der Waals surface area contributed by atoms with E-state index in [1.54, 1.807) is 0 Å². The third-order valence-electron chi connectivity index (χ3n) is 2.53. The van der Waals surface area contributed by atoms with Crippen molar-refractivity contribution in [2.75, 3.05) is 0 Å². The van der Waals surface area contributed by atoms with Crippen LogP contribution in [-0.2, 0) is 4.80 Å². The highest BCUT2D eigenvalue weighted by molar-refractivity contribution is 6.69. The molecule has 0 saturated heterocycles. The molecule has 0 aromatic carbocycles. The Balaban J connectivity index is 2.19. The van der Waals surface area contributed by atoms with Gasteiger partial charge < -0.3 is 0 Å². The molecule has 1 nitrogen and oxygen atoms in total. The molecule has 1 atom stereocenters. The largest absolute Gasteiger partial charge is 0.298 e. The predicted molar refractivity (Wildman–Crippen MR) is 54.1 cm³/mol. The minimum atomic E-state index is -2.02. The average Bonchev–Trinajstić information content (AvgIpc) is 2.02. The van der Waals surface area contributed by atoms with Crippen molar-refractivity contribution in [3.8, 4) is 0 Å². The third kappa shape index (κ3) is 4.07. The molecular formula is C10H19OSi. The van der Waals surface area contributed by atoms with Crippen LogP contribution in [0.15, 0.2) is 12.2 Å². The molecule has 0 spiro atoms. The monoisotopic (exact) mass is 183 g/mol. The van der Waals surface area contributed by atoms with E-state index in [0.717, 1.165) is 12.0 Å². The van der Waals surface area contributed by atoms with Crippen molar-refractivity contribution >= 4 is 8.32 Å². The predicted octanol–water partition coefficient (Wildman–Crippen LogP) is 3.37. The van der Waals surface area contributed by atoms with Crippen molar-refractivity contribution in [1.82, 2.24) is 0 Å². The van der Waals surface area contributed by atoms with Crippen LogP contribution in [0.25, 0.3) is 0 Å². The molecule has 0 bridgehead atoms. The van der Waals surface area contributed by atoms with Gasteiger partial charge in [0, 0.05) is 0 Å². The summed E-state index contributed by atoms with van der Waals surface area (Å²) in [5.74, 6) is 0.815. The van der Waals surface area contributed by atoms with E-state index in [2.05, 4.69) is 12.2 Å². The second kappa shape index (κ2) is 4.24. The highest BCUT2D eigenvalue weighted by Crippen LogP contribution is 2.25. The Morgan fingerprint density at radius 1 is 1.42 bits per heavy atom. The topological polar surface area (TPSA) is 19.9 Å². The fraction of sp³-hybridized carbons (Fsp3) is 0.800. The maximum atomic E-state index is 11.5. The summed E-state index contributed by atoms with van der Waals surface area (Å²) >= 11 is 0. The lowest BCUT2D eigenvalue weighted by Crippen LogP contribution is -2.23. The molecule has 69 valence electrons. The van der Waals surface area contributed by atoms with Gasteiger partial charge in [-0.15, -0.1) is 0 Å². The van der Waals surface area contributed by atoms with Gasteiger partial charge in [-0.3, -0.25) is 4.80 Å². The van der Waals surface area contributed by atoms with Gasteiger partial charge in [0.05, 0.1) is 0 Å². The van der Waals surface area contributed by atoms with Gasteiger partial charge >= 0.3 is 0 Å².